The fourth-order valence-corrected chi connectivity index (χ4v) is 3.33. The molecule has 0 bridgehead atoms. The molecule has 0 saturated heterocycles. The third-order valence-electron chi connectivity index (χ3n) is 3.10. The topological polar surface area (TPSA) is 81.8 Å². The lowest BCUT2D eigenvalue weighted by Gasteiger charge is -2.10. The van der Waals surface area contributed by atoms with E-state index in [2.05, 4.69) is 15.0 Å². The van der Waals surface area contributed by atoms with E-state index >= 15 is 0 Å². The van der Waals surface area contributed by atoms with E-state index in [-0.39, 0.29) is 0 Å². The summed E-state index contributed by atoms with van der Waals surface area (Å²) in [4.78, 5) is 25.1. The van der Waals surface area contributed by atoms with E-state index in [1.54, 1.807) is 0 Å². The second-order valence-corrected chi connectivity index (χ2v) is 5.93. The van der Waals surface area contributed by atoms with Gasteiger partial charge in [-0.15, -0.1) is 11.3 Å². The molecule has 21 heavy (non-hydrogen) atoms. The summed E-state index contributed by atoms with van der Waals surface area (Å²) in [6, 6.07) is 9.60. The maximum Gasteiger partial charge on any atom is 0.235 e. The molecular weight excluding hydrogens is 284 g/mol. The van der Waals surface area contributed by atoms with Crippen LogP contribution < -0.4 is 5.73 Å². The summed E-state index contributed by atoms with van der Waals surface area (Å²) < 4.78 is 1.02. The molecule has 0 aliphatic carbocycles. The summed E-state index contributed by atoms with van der Waals surface area (Å²) in [5, 5.41) is 0.633. The van der Waals surface area contributed by atoms with Crippen LogP contribution in [-0.2, 0) is 4.79 Å². The summed E-state index contributed by atoms with van der Waals surface area (Å²) in [7, 11) is 0. The lowest BCUT2D eigenvalue weighted by molar-refractivity contribution is -0.118. The first-order valence-corrected chi connectivity index (χ1v) is 7.33. The molecule has 5 nitrogen and oxygen atoms in total. The maximum atomic E-state index is 11.9. The normalized spacial score (nSPS) is 12.5. The number of aromatic nitrogens is 3. The largest absolute Gasteiger partial charge is 0.369 e. The molecule has 0 saturated carbocycles. The van der Waals surface area contributed by atoms with Gasteiger partial charge in [-0.1, -0.05) is 12.1 Å². The van der Waals surface area contributed by atoms with Crippen molar-refractivity contribution in [3.05, 3.63) is 52.6 Å². The Morgan fingerprint density at radius 2 is 1.81 bits per heavy atom. The summed E-state index contributed by atoms with van der Waals surface area (Å²) in [5.41, 5.74) is 8.05. The van der Waals surface area contributed by atoms with Crippen LogP contribution in [0.2, 0.25) is 0 Å². The van der Waals surface area contributed by atoms with E-state index < -0.39 is 11.8 Å². The minimum absolute atomic E-state index is 0.416. The predicted octanol–water partition coefficient (Wildman–Crippen LogP) is 2.32. The number of amides is 1. The van der Waals surface area contributed by atoms with Crippen molar-refractivity contribution in [3.8, 4) is 0 Å². The molecule has 1 unspecified atom stereocenters. The third kappa shape index (κ3) is 2.62. The maximum absolute atomic E-state index is 11.9. The highest BCUT2D eigenvalue weighted by Gasteiger charge is 2.27. The van der Waals surface area contributed by atoms with Gasteiger partial charge in [-0.2, -0.15) is 0 Å². The van der Waals surface area contributed by atoms with Gasteiger partial charge in [-0.05, 0) is 32.0 Å². The highest BCUT2D eigenvalue weighted by molar-refractivity contribution is 7.18. The van der Waals surface area contributed by atoms with Crippen LogP contribution in [0.5, 0.6) is 0 Å². The average molecular weight is 298 g/mol. The van der Waals surface area contributed by atoms with Crippen LogP contribution >= 0.6 is 11.3 Å². The molecule has 1 aromatic carbocycles. The predicted molar refractivity (Wildman–Crippen MR) is 82.2 cm³/mol. The molecule has 2 heterocycles. The Morgan fingerprint density at radius 3 is 2.43 bits per heavy atom. The van der Waals surface area contributed by atoms with Gasteiger partial charge in [0.05, 0.1) is 10.2 Å². The van der Waals surface area contributed by atoms with Gasteiger partial charge in [0.25, 0.3) is 0 Å². The first kappa shape index (κ1) is 13.6. The van der Waals surface area contributed by atoms with Gasteiger partial charge >= 0.3 is 0 Å². The quantitative estimate of drug-likeness (QED) is 0.804. The number of para-hydroxylation sites is 1. The Hall–Kier alpha value is -2.34. The number of hydrogen-bond acceptors (Lipinski definition) is 5. The number of nitrogens with zero attached hydrogens (tertiary/aromatic N) is 3. The van der Waals surface area contributed by atoms with Gasteiger partial charge in [0.1, 0.15) is 16.7 Å². The highest BCUT2D eigenvalue weighted by atomic mass is 32.1. The molecule has 0 aliphatic rings. The van der Waals surface area contributed by atoms with Gasteiger partial charge in [-0.3, -0.25) is 4.79 Å². The number of hydrogen-bond donors (Lipinski definition) is 1. The van der Waals surface area contributed by atoms with Gasteiger partial charge < -0.3 is 5.73 Å². The van der Waals surface area contributed by atoms with Crippen molar-refractivity contribution in [1.29, 1.82) is 0 Å². The fourth-order valence-electron chi connectivity index (χ4n) is 2.26. The Morgan fingerprint density at radius 1 is 1.14 bits per heavy atom. The molecule has 6 heteroatoms. The molecule has 106 valence electrons. The Balaban J connectivity index is 2.15. The van der Waals surface area contributed by atoms with E-state index in [1.807, 2.05) is 44.2 Å². The van der Waals surface area contributed by atoms with Crippen molar-refractivity contribution >= 4 is 27.5 Å². The average Bonchev–Trinajstić information content (AvgIpc) is 2.80. The number of aryl methyl sites for hydroxylation is 2. The van der Waals surface area contributed by atoms with E-state index in [0.29, 0.717) is 10.8 Å². The molecule has 2 N–H and O–H groups in total. The Kier molecular flexibility index (Phi) is 3.39. The lowest BCUT2D eigenvalue weighted by Crippen LogP contribution is -2.24. The fraction of sp³-hybridized carbons (Fsp3) is 0.200. The first-order valence-electron chi connectivity index (χ1n) is 6.51. The van der Waals surface area contributed by atoms with Crippen LogP contribution in [-0.4, -0.2) is 20.9 Å². The van der Waals surface area contributed by atoms with Crippen molar-refractivity contribution in [1.82, 2.24) is 15.0 Å². The van der Waals surface area contributed by atoms with Crippen molar-refractivity contribution in [2.75, 3.05) is 0 Å². The van der Waals surface area contributed by atoms with Gasteiger partial charge in [0, 0.05) is 11.4 Å². The molecule has 2 aromatic heterocycles. The molecule has 3 rings (SSSR count). The lowest BCUT2D eigenvalue weighted by atomic mass is 10.1. The van der Waals surface area contributed by atoms with Gasteiger partial charge in [0.2, 0.25) is 5.91 Å². The molecule has 0 fully saturated rings. The number of primary amides is 1. The molecule has 0 radical (unpaired) electrons. The van der Waals surface area contributed by atoms with Crippen LogP contribution in [0, 0.1) is 13.8 Å². The monoisotopic (exact) mass is 298 g/mol. The van der Waals surface area contributed by atoms with E-state index in [1.165, 1.54) is 11.3 Å². The van der Waals surface area contributed by atoms with Crippen LogP contribution in [0.15, 0.2) is 30.3 Å². The molecule has 1 atom stereocenters. The van der Waals surface area contributed by atoms with Crippen molar-refractivity contribution < 1.29 is 4.79 Å². The number of carbonyl (C=O) groups is 1. The number of fused-ring (bicyclic) bond motifs is 1. The SMILES string of the molecule is Cc1cc(C)nc(C(C(N)=O)c2nc3ccccc3s2)n1. The Labute approximate surface area is 125 Å². The number of thiazole rings is 1. The summed E-state index contributed by atoms with van der Waals surface area (Å²) in [6.07, 6.45) is 0. The van der Waals surface area contributed by atoms with Crippen LogP contribution in [0.1, 0.15) is 28.1 Å². The minimum Gasteiger partial charge on any atom is -0.369 e. The second-order valence-electron chi connectivity index (χ2n) is 4.86. The van der Waals surface area contributed by atoms with E-state index in [4.69, 9.17) is 5.73 Å². The van der Waals surface area contributed by atoms with Gasteiger partial charge in [0.15, 0.2) is 0 Å². The molecular formula is C15H14N4OS. The number of benzene rings is 1. The van der Waals surface area contributed by atoms with E-state index in [0.717, 1.165) is 21.6 Å². The standard InChI is InChI=1S/C15H14N4OS/c1-8-7-9(2)18-14(17-8)12(13(16)20)15-19-10-5-3-4-6-11(10)21-15/h3-7,12H,1-2H3,(H2,16,20). The Bertz CT molecular complexity index is 774. The zero-order valence-corrected chi connectivity index (χ0v) is 12.5. The summed E-state index contributed by atoms with van der Waals surface area (Å²) >= 11 is 1.45. The van der Waals surface area contributed by atoms with Crippen molar-refractivity contribution in [3.63, 3.8) is 0 Å². The highest BCUT2D eigenvalue weighted by Crippen LogP contribution is 2.30. The molecule has 1 amide bonds. The third-order valence-corrected chi connectivity index (χ3v) is 4.20. The van der Waals surface area contributed by atoms with Crippen LogP contribution in [0.3, 0.4) is 0 Å². The minimum atomic E-state index is -0.707. The van der Waals surface area contributed by atoms with E-state index in [9.17, 15) is 4.79 Å². The number of nitrogens with two attached hydrogens (primary N) is 1. The van der Waals surface area contributed by atoms with Gasteiger partial charge in [-0.25, -0.2) is 15.0 Å². The summed E-state index contributed by atoms with van der Waals surface area (Å²) in [6.45, 7) is 3.74. The number of rotatable bonds is 3. The van der Waals surface area contributed by atoms with Crippen molar-refractivity contribution in [2.45, 2.75) is 19.8 Å². The smallest absolute Gasteiger partial charge is 0.235 e. The first-order chi connectivity index (χ1) is 10.0. The zero-order chi connectivity index (χ0) is 15.0. The molecule has 0 spiro atoms. The zero-order valence-electron chi connectivity index (χ0n) is 11.7. The molecule has 3 aromatic rings. The summed E-state index contributed by atoms with van der Waals surface area (Å²) in [5.74, 6) is -0.779. The van der Waals surface area contributed by atoms with Crippen LogP contribution in [0.25, 0.3) is 10.2 Å². The van der Waals surface area contributed by atoms with Crippen molar-refractivity contribution in [2.24, 2.45) is 5.73 Å². The second kappa shape index (κ2) is 5.21. The number of carbonyl (C=O) groups excluding carboxylic acids is 1. The van der Waals surface area contributed by atoms with Crippen LogP contribution in [0.4, 0.5) is 0 Å². The molecule has 0 aliphatic heterocycles.